The highest BCUT2D eigenvalue weighted by Gasteiger charge is 2.26. The van der Waals surface area contributed by atoms with Crippen molar-refractivity contribution in [2.24, 2.45) is 0 Å². The Morgan fingerprint density at radius 3 is 2.83 bits per heavy atom. The molecular formula is C20H23NOS. The predicted octanol–water partition coefficient (Wildman–Crippen LogP) is 4.69. The lowest BCUT2D eigenvalue weighted by Gasteiger charge is -2.23. The number of aryl methyl sites for hydroxylation is 2. The van der Waals surface area contributed by atoms with E-state index >= 15 is 0 Å². The summed E-state index contributed by atoms with van der Waals surface area (Å²) in [6.07, 6.45) is 8.05. The second-order valence-corrected chi connectivity index (χ2v) is 7.45. The summed E-state index contributed by atoms with van der Waals surface area (Å²) in [7, 11) is 0. The highest BCUT2D eigenvalue weighted by molar-refractivity contribution is 7.12. The Hall–Kier alpha value is -1.87. The molecule has 3 rings (SSSR count). The highest BCUT2D eigenvalue weighted by Crippen LogP contribution is 2.23. The van der Waals surface area contributed by atoms with Gasteiger partial charge in [-0.1, -0.05) is 30.3 Å². The number of hydrogen-bond acceptors (Lipinski definition) is 2. The quantitative estimate of drug-likeness (QED) is 0.730. The zero-order chi connectivity index (χ0) is 16.1. The molecule has 120 valence electrons. The van der Waals surface area contributed by atoms with E-state index in [0.29, 0.717) is 6.04 Å². The van der Waals surface area contributed by atoms with E-state index in [0.717, 1.165) is 37.1 Å². The zero-order valence-corrected chi connectivity index (χ0v) is 14.4. The van der Waals surface area contributed by atoms with E-state index in [-0.39, 0.29) is 5.91 Å². The molecule has 2 heterocycles. The summed E-state index contributed by atoms with van der Waals surface area (Å²) < 4.78 is 0. The number of benzene rings is 1. The summed E-state index contributed by atoms with van der Waals surface area (Å²) >= 11 is 1.72. The largest absolute Gasteiger partial charge is 0.336 e. The van der Waals surface area contributed by atoms with E-state index in [1.807, 2.05) is 12.1 Å². The van der Waals surface area contributed by atoms with Gasteiger partial charge in [-0.05, 0) is 56.4 Å². The maximum Gasteiger partial charge on any atom is 0.246 e. The Morgan fingerprint density at radius 2 is 2.09 bits per heavy atom. The standard InChI is InChI=1S/C20H23NOS/c1-16-9-12-19(23-16)13-14-20(22)21-15-5-8-18(21)11-10-17-6-3-2-4-7-17/h2-4,6-7,9,12-14,18H,5,8,10-11,15H2,1H3. The molecule has 1 unspecified atom stereocenters. The van der Waals surface area contributed by atoms with E-state index in [1.54, 1.807) is 17.4 Å². The van der Waals surface area contributed by atoms with Crippen LogP contribution in [-0.4, -0.2) is 23.4 Å². The Balaban J connectivity index is 1.57. The van der Waals surface area contributed by atoms with Gasteiger partial charge in [0.05, 0.1) is 0 Å². The summed E-state index contributed by atoms with van der Waals surface area (Å²) in [6, 6.07) is 15.1. The molecule has 0 saturated carbocycles. The van der Waals surface area contributed by atoms with Gasteiger partial charge in [-0.25, -0.2) is 0 Å². The van der Waals surface area contributed by atoms with Crippen molar-refractivity contribution in [3.8, 4) is 0 Å². The lowest BCUT2D eigenvalue weighted by atomic mass is 10.0. The number of rotatable bonds is 5. The molecule has 1 aromatic carbocycles. The molecule has 1 aromatic heterocycles. The molecule has 2 aromatic rings. The Labute approximate surface area is 142 Å². The number of carbonyl (C=O) groups is 1. The van der Waals surface area contributed by atoms with Crippen LogP contribution in [0.2, 0.25) is 0 Å². The third kappa shape index (κ3) is 4.32. The van der Waals surface area contributed by atoms with E-state index in [9.17, 15) is 4.79 Å². The van der Waals surface area contributed by atoms with Crippen molar-refractivity contribution in [2.45, 2.75) is 38.6 Å². The molecule has 1 saturated heterocycles. The first kappa shape index (κ1) is 16.0. The summed E-state index contributed by atoms with van der Waals surface area (Å²) in [5.74, 6) is 0.159. The molecule has 0 bridgehead atoms. The number of hydrogen-bond donors (Lipinski definition) is 0. The summed E-state index contributed by atoms with van der Waals surface area (Å²) in [5, 5.41) is 0. The Kier molecular flexibility index (Phi) is 5.29. The molecule has 1 aliphatic heterocycles. The zero-order valence-electron chi connectivity index (χ0n) is 13.6. The first-order chi connectivity index (χ1) is 11.2. The summed E-state index contributed by atoms with van der Waals surface area (Å²) in [5.41, 5.74) is 1.36. The van der Waals surface area contributed by atoms with E-state index in [2.05, 4.69) is 48.2 Å². The van der Waals surface area contributed by atoms with Gasteiger partial charge in [0.25, 0.3) is 0 Å². The molecule has 0 spiro atoms. The molecule has 1 atom stereocenters. The van der Waals surface area contributed by atoms with E-state index in [1.165, 1.54) is 10.4 Å². The number of likely N-dealkylation sites (tertiary alicyclic amines) is 1. The molecule has 1 fully saturated rings. The monoisotopic (exact) mass is 325 g/mol. The topological polar surface area (TPSA) is 20.3 Å². The molecule has 2 nitrogen and oxygen atoms in total. The molecule has 1 amide bonds. The van der Waals surface area contributed by atoms with E-state index in [4.69, 9.17) is 0 Å². The number of nitrogens with zero attached hydrogens (tertiary/aromatic N) is 1. The van der Waals surface area contributed by atoms with Crippen LogP contribution < -0.4 is 0 Å². The van der Waals surface area contributed by atoms with Gasteiger partial charge < -0.3 is 4.90 Å². The van der Waals surface area contributed by atoms with Gasteiger partial charge in [-0.15, -0.1) is 11.3 Å². The van der Waals surface area contributed by atoms with Crippen LogP contribution >= 0.6 is 11.3 Å². The average molecular weight is 325 g/mol. The van der Waals surface area contributed by atoms with Crippen molar-refractivity contribution in [3.63, 3.8) is 0 Å². The van der Waals surface area contributed by atoms with Crippen LogP contribution in [0.4, 0.5) is 0 Å². The lowest BCUT2D eigenvalue weighted by Crippen LogP contribution is -2.34. The SMILES string of the molecule is Cc1ccc(C=CC(=O)N2CCCC2CCc2ccccc2)s1. The highest BCUT2D eigenvalue weighted by atomic mass is 32.1. The maximum absolute atomic E-state index is 12.5. The van der Waals surface area contributed by atoms with Crippen LogP contribution in [0.5, 0.6) is 0 Å². The molecule has 0 aliphatic carbocycles. The fraction of sp³-hybridized carbons (Fsp3) is 0.350. The molecule has 0 radical (unpaired) electrons. The molecule has 23 heavy (non-hydrogen) atoms. The van der Waals surface area contributed by atoms with Gasteiger partial charge in [0.15, 0.2) is 0 Å². The predicted molar refractivity (Wildman–Crippen MR) is 97.6 cm³/mol. The molecule has 0 N–H and O–H groups in total. The molecule has 3 heteroatoms. The summed E-state index contributed by atoms with van der Waals surface area (Å²) in [6.45, 7) is 2.98. The maximum atomic E-state index is 12.5. The van der Waals surface area contributed by atoms with Crippen molar-refractivity contribution < 1.29 is 4.79 Å². The van der Waals surface area contributed by atoms with Crippen molar-refractivity contribution in [1.82, 2.24) is 4.90 Å². The van der Waals surface area contributed by atoms with Crippen molar-refractivity contribution in [2.75, 3.05) is 6.54 Å². The Morgan fingerprint density at radius 1 is 1.26 bits per heavy atom. The second-order valence-electron chi connectivity index (χ2n) is 6.13. The first-order valence-corrected chi connectivity index (χ1v) is 9.13. The Bertz CT molecular complexity index is 674. The minimum atomic E-state index is 0.159. The third-order valence-corrected chi connectivity index (χ3v) is 5.39. The molecule has 1 aliphatic rings. The smallest absolute Gasteiger partial charge is 0.246 e. The normalized spacial score (nSPS) is 18.0. The second kappa shape index (κ2) is 7.60. The first-order valence-electron chi connectivity index (χ1n) is 8.31. The average Bonchev–Trinajstić information content (AvgIpc) is 3.20. The number of carbonyl (C=O) groups excluding carboxylic acids is 1. The fourth-order valence-corrected chi connectivity index (χ4v) is 3.98. The van der Waals surface area contributed by atoms with Crippen LogP contribution in [0.25, 0.3) is 6.08 Å². The molecular weight excluding hydrogens is 302 g/mol. The van der Waals surface area contributed by atoms with Gasteiger partial charge in [0, 0.05) is 28.4 Å². The van der Waals surface area contributed by atoms with Crippen molar-refractivity contribution in [1.29, 1.82) is 0 Å². The van der Waals surface area contributed by atoms with Crippen LogP contribution in [-0.2, 0) is 11.2 Å². The number of amides is 1. The van der Waals surface area contributed by atoms with Crippen molar-refractivity contribution in [3.05, 3.63) is 63.9 Å². The van der Waals surface area contributed by atoms with E-state index < -0.39 is 0 Å². The van der Waals surface area contributed by atoms with Crippen LogP contribution in [0.3, 0.4) is 0 Å². The minimum absolute atomic E-state index is 0.159. The van der Waals surface area contributed by atoms with Gasteiger partial charge in [0.2, 0.25) is 5.91 Å². The van der Waals surface area contributed by atoms with Crippen LogP contribution in [0.1, 0.15) is 34.6 Å². The third-order valence-electron chi connectivity index (χ3n) is 4.42. The van der Waals surface area contributed by atoms with Gasteiger partial charge in [-0.3, -0.25) is 4.79 Å². The summed E-state index contributed by atoms with van der Waals surface area (Å²) in [4.78, 5) is 17.0. The fourth-order valence-electron chi connectivity index (χ4n) is 3.20. The van der Waals surface area contributed by atoms with Gasteiger partial charge in [-0.2, -0.15) is 0 Å². The number of thiophene rings is 1. The van der Waals surface area contributed by atoms with Crippen LogP contribution in [0, 0.1) is 6.92 Å². The van der Waals surface area contributed by atoms with Gasteiger partial charge >= 0.3 is 0 Å². The minimum Gasteiger partial charge on any atom is -0.336 e. The lowest BCUT2D eigenvalue weighted by molar-refractivity contribution is -0.126. The van der Waals surface area contributed by atoms with Crippen molar-refractivity contribution >= 4 is 23.3 Å². The van der Waals surface area contributed by atoms with Gasteiger partial charge in [0.1, 0.15) is 0 Å². The van der Waals surface area contributed by atoms with Crippen LogP contribution in [0.15, 0.2) is 48.5 Å².